The number of para-hydroxylation sites is 1. The van der Waals surface area contributed by atoms with Crippen molar-refractivity contribution in [1.29, 1.82) is 0 Å². The fourth-order valence-corrected chi connectivity index (χ4v) is 4.00. The summed E-state index contributed by atoms with van der Waals surface area (Å²) in [6, 6.07) is 14.4. The van der Waals surface area contributed by atoms with Gasteiger partial charge in [-0.25, -0.2) is 9.98 Å². The zero-order valence-electron chi connectivity index (χ0n) is 13.8. The normalized spacial score (nSPS) is 11.8. The van der Waals surface area contributed by atoms with E-state index in [1.165, 1.54) is 17.3 Å². The molecule has 0 aliphatic carbocycles. The van der Waals surface area contributed by atoms with E-state index in [0.717, 1.165) is 44.2 Å². The lowest BCUT2D eigenvalue weighted by Crippen LogP contribution is -2.05. The first kappa shape index (κ1) is 18.2. The van der Waals surface area contributed by atoms with E-state index in [9.17, 15) is 0 Å². The van der Waals surface area contributed by atoms with Gasteiger partial charge in [-0.1, -0.05) is 64.2 Å². The molecule has 0 amide bonds. The summed E-state index contributed by atoms with van der Waals surface area (Å²) >= 11 is 6.64. The van der Waals surface area contributed by atoms with Gasteiger partial charge < -0.3 is 11.1 Å². The minimum Gasteiger partial charge on any atom is -0.378 e. The van der Waals surface area contributed by atoms with Gasteiger partial charge in [0.15, 0.2) is 10.3 Å². The molecule has 3 N–H and O–H groups in total. The minimum absolute atomic E-state index is 0.577. The molecular formula is C18H19BrN4S2. The van der Waals surface area contributed by atoms with E-state index in [0.29, 0.717) is 5.17 Å². The van der Waals surface area contributed by atoms with Gasteiger partial charge in [-0.15, -0.1) is 0 Å². The van der Waals surface area contributed by atoms with Crippen molar-refractivity contribution in [3.05, 3.63) is 52.5 Å². The first-order valence-corrected chi connectivity index (χ1v) is 10.6. The number of benzene rings is 2. The van der Waals surface area contributed by atoms with E-state index in [-0.39, 0.29) is 0 Å². The highest BCUT2D eigenvalue weighted by Gasteiger charge is 2.08. The fourth-order valence-electron chi connectivity index (χ4n) is 2.36. The summed E-state index contributed by atoms with van der Waals surface area (Å²) in [5, 5.41) is 4.90. The van der Waals surface area contributed by atoms with Gasteiger partial charge >= 0.3 is 0 Å². The third kappa shape index (κ3) is 4.96. The minimum atomic E-state index is 0.577. The Labute approximate surface area is 164 Å². The Morgan fingerprint density at radius 3 is 2.84 bits per heavy atom. The van der Waals surface area contributed by atoms with Crippen LogP contribution in [0.1, 0.15) is 12.5 Å². The molecule has 0 bridgehead atoms. The zero-order valence-corrected chi connectivity index (χ0v) is 17.0. The second kappa shape index (κ2) is 8.69. The third-order valence-electron chi connectivity index (χ3n) is 3.52. The number of nitrogens with one attached hydrogen (secondary N) is 1. The topological polar surface area (TPSA) is 63.3 Å². The molecule has 0 saturated carbocycles. The second-order valence-corrected chi connectivity index (χ2v) is 8.56. The van der Waals surface area contributed by atoms with Crippen molar-refractivity contribution in [3.63, 3.8) is 0 Å². The van der Waals surface area contributed by atoms with Crippen LogP contribution in [0.15, 0.2) is 51.9 Å². The Morgan fingerprint density at radius 1 is 1.28 bits per heavy atom. The molecule has 0 fully saturated rings. The van der Waals surface area contributed by atoms with Crippen molar-refractivity contribution < 1.29 is 0 Å². The smallest absolute Gasteiger partial charge is 0.183 e. The number of nitrogens with two attached hydrogens (primary N) is 1. The first-order valence-electron chi connectivity index (χ1n) is 8.00. The quantitative estimate of drug-likeness (QED) is 0.401. The van der Waals surface area contributed by atoms with Crippen LogP contribution in [-0.4, -0.2) is 22.4 Å². The standard InChI is InChI=1S/C18H19BrN4S2/c1-2-24-17(20)22-14-4-3-5-15-16(14)23-18(25-15)21-11-10-12-6-8-13(19)9-7-12/h3-9H,2,10-11H2,1H3,(H2,20,22)(H,21,23). The molecule has 0 radical (unpaired) electrons. The maximum Gasteiger partial charge on any atom is 0.183 e. The van der Waals surface area contributed by atoms with Gasteiger partial charge in [-0.05, 0) is 42.0 Å². The molecule has 130 valence electrons. The molecule has 0 aliphatic rings. The average molecular weight is 435 g/mol. The Balaban J connectivity index is 1.70. The van der Waals surface area contributed by atoms with Crippen LogP contribution in [0.3, 0.4) is 0 Å². The van der Waals surface area contributed by atoms with Gasteiger partial charge in [0.1, 0.15) is 5.52 Å². The van der Waals surface area contributed by atoms with E-state index >= 15 is 0 Å². The lowest BCUT2D eigenvalue weighted by molar-refractivity contribution is 1.02. The summed E-state index contributed by atoms with van der Waals surface area (Å²) in [5.41, 5.74) is 8.96. The van der Waals surface area contributed by atoms with Crippen LogP contribution in [0.4, 0.5) is 10.8 Å². The Kier molecular flexibility index (Phi) is 6.34. The molecule has 1 aromatic heterocycles. The van der Waals surface area contributed by atoms with Gasteiger partial charge in [-0.3, -0.25) is 0 Å². The van der Waals surface area contributed by atoms with E-state index in [4.69, 9.17) is 10.7 Å². The first-order chi connectivity index (χ1) is 12.2. The summed E-state index contributed by atoms with van der Waals surface area (Å²) < 4.78 is 2.21. The molecule has 3 rings (SSSR count). The highest BCUT2D eigenvalue weighted by atomic mass is 79.9. The predicted octanol–water partition coefficient (Wildman–Crippen LogP) is 5.41. The molecule has 25 heavy (non-hydrogen) atoms. The number of aliphatic imine (C=N–C) groups is 1. The molecule has 0 spiro atoms. The molecule has 1 heterocycles. The van der Waals surface area contributed by atoms with E-state index in [1.54, 1.807) is 11.3 Å². The highest BCUT2D eigenvalue weighted by Crippen LogP contribution is 2.32. The third-order valence-corrected chi connectivity index (χ3v) is 5.71. The largest absolute Gasteiger partial charge is 0.378 e. The van der Waals surface area contributed by atoms with Crippen LogP contribution < -0.4 is 11.1 Å². The maximum absolute atomic E-state index is 5.94. The van der Waals surface area contributed by atoms with Crippen LogP contribution in [-0.2, 0) is 6.42 Å². The van der Waals surface area contributed by atoms with Crippen molar-refractivity contribution in [2.75, 3.05) is 17.6 Å². The maximum atomic E-state index is 5.94. The molecule has 3 aromatic rings. The Hall–Kier alpha value is -1.57. The molecule has 0 aliphatic heterocycles. The Bertz CT molecular complexity index is 874. The van der Waals surface area contributed by atoms with E-state index < -0.39 is 0 Å². The van der Waals surface area contributed by atoms with E-state index in [1.807, 2.05) is 12.1 Å². The Morgan fingerprint density at radius 2 is 2.08 bits per heavy atom. The molecule has 4 nitrogen and oxygen atoms in total. The van der Waals surface area contributed by atoms with Crippen molar-refractivity contribution in [3.8, 4) is 0 Å². The molecule has 7 heteroatoms. The van der Waals surface area contributed by atoms with Crippen LogP contribution in [0.5, 0.6) is 0 Å². The summed E-state index contributed by atoms with van der Waals surface area (Å²) in [7, 11) is 0. The number of thiazole rings is 1. The summed E-state index contributed by atoms with van der Waals surface area (Å²) in [4.78, 5) is 9.19. The van der Waals surface area contributed by atoms with Crippen molar-refractivity contribution in [2.45, 2.75) is 13.3 Å². The molecule has 0 saturated heterocycles. The number of halogens is 1. The monoisotopic (exact) mass is 434 g/mol. The number of thioether (sulfide) groups is 1. The number of fused-ring (bicyclic) bond motifs is 1. The van der Waals surface area contributed by atoms with Crippen molar-refractivity contribution in [2.24, 2.45) is 10.7 Å². The number of aromatic nitrogens is 1. The zero-order chi connectivity index (χ0) is 17.6. The summed E-state index contributed by atoms with van der Waals surface area (Å²) in [6.07, 6.45) is 0.953. The van der Waals surface area contributed by atoms with Crippen molar-refractivity contribution in [1.82, 2.24) is 4.98 Å². The van der Waals surface area contributed by atoms with Gasteiger partial charge in [0, 0.05) is 11.0 Å². The summed E-state index contributed by atoms with van der Waals surface area (Å²) in [5.74, 6) is 0.908. The number of anilines is 1. The second-order valence-electron chi connectivity index (χ2n) is 5.33. The van der Waals surface area contributed by atoms with Crippen LogP contribution in [0.2, 0.25) is 0 Å². The van der Waals surface area contributed by atoms with Crippen LogP contribution in [0.25, 0.3) is 10.2 Å². The predicted molar refractivity (Wildman–Crippen MR) is 115 cm³/mol. The van der Waals surface area contributed by atoms with Crippen LogP contribution in [0, 0.1) is 0 Å². The van der Waals surface area contributed by atoms with Crippen LogP contribution >= 0.6 is 39.0 Å². The van der Waals surface area contributed by atoms with Gasteiger partial charge in [-0.2, -0.15) is 0 Å². The van der Waals surface area contributed by atoms with Gasteiger partial charge in [0.05, 0.1) is 10.4 Å². The molecule has 0 unspecified atom stereocenters. The average Bonchev–Trinajstić information content (AvgIpc) is 3.01. The lowest BCUT2D eigenvalue weighted by atomic mass is 10.1. The molecular weight excluding hydrogens is 416 g/mol. The number of hydrogen-bond acceptors (Lipinski definition) is 5. The molecule has 0 atom stereocenters. The van der Waals surface area contributed by atoms with E-state index in [2.05, 4.69) is 63.5 Å². The highest BCUT2D eigenvalue weighted by molar-refractivity contribution is 9.10. The van der Waals surface area contributed by atoms with Gasteiger partial charge in [0.2, 0.25) is 0 Å². The molecule has 2 aromatic carbocycles. The lowest BCUT2D eigenvalue weighted by Gasteiger charge is -2.03. The summed E-state index contributed by atoms with van der Waals surface area (Å²) in [6.45, 7) is 2.90. The van der Waals surface area contributed by atoms with Gasteiger partial charge in [0.25, 0.3) is 0 Å². The SMILES string of the molecule is CCSC(N)=Nc1cccc2sc(NCCc3ccc(Br)cc3)nc12. The van der Waals surface area contributed by atoms with Crippen molar-refractivity contribution >= 4 is 65.2 Å². The number of nitrogens with zero attached hydrogens (tertiary/aromatic N) is 2. The number of rotatable bonds is 6. The number of hydrogen-bond donors (Lipinski definition) is 2. The number of amidine groups is 1. The fraction of sp³-hybridized carbons (Fsp3) is 0.222.